The molecule has 0 spiro atoms. The summed E-state index contributed by atoms with van der Waals surface area (Å²) in [5.41, 5.74) is 3.01. The van der Waals surface area contributed by atoms with Crippen molar-refractivity contribution in [2.75, 3.05) is 5.32 Å². The molecule has 0 saturated carbocycles. The highest BCUT2D eigenvalue weighted by Gasteiger charge is 2.23. The lowest BCUT2D eigenvalue weighted by molar-refractivity contribution is -0.116. The van der Waals surface area contributed by atoms with Crippen LogP contribution in [0.1, 0.15) is 11.1 Å². The second-order valence-electron chi connectivity index (χ2n) is 7.38. The van der Waals surface area contributed by atoms with Gasteiger partial charge in [0.05, 0.1) is 10.6 Å². The van der Waals surface area contributed by atoms with E-state index in [4.69, 9.17) is 11.6 Å². The second-order valence-corrected chi connectivity index (χ2v) is 9.77. The largest absolute Gasteiger partial charge is 0.337 e. The molecule has 0 aliphatic heterocycles. The molecular weight excluding hydrogens is 432 g/mol. The van der Waals surface area contributed by atoms with Crippen LogP contribution < -0.4 is 5.32 Å². The van der Waals surface area contributed by atoms with Gasteiger partial charge in [0.15, 0.2) is 9.84 Å². The van der Waals surface area contributed by atoms with Crippen molar-refractivity contribution >= 4 is 43.9 Å². The van der Waals surface area contributed by atoms with E-state index in [1.54, 1.807) is 47.2 Å². The number of rotatable bonds is 6. The Hall–Kier alpha value is -3.09. The Balaban J connectivity index is 1.65. The summed E-state index contributed by atoms with van der Waals surface area (Å²) in [5, 5.41) is 4.00. The minimum atomic E-state index is -3.61. The van der Waals surface area contributed by atoms with E-state index in [2.05, 4.69) is 5.32 Å². The van der Waals surface area contributed by atoms with Crippen LogP contribution in [0.15, 0.2) is 83.9 Å². The number of nitrogens with zero attached hydrogens (tertiary/aromatic N) is 1. The van der Waals surface area contributed by atoms with Gasteiger partial charge in [0.25, 0.3) is 0 Å². The van der Waals surface area contributed by atoms with Crippen LogP contribution in [-0.2, 0) is 26.9 Å². The zero-order valence-corrected chi connectivity index (χ0v) is 18.5. The van der Waals surface area contributed by atoms with Gasteiger partial charge in [-0.15, -0.1) is 0 Å². The number of hydrogen-bond donors (Lipinski definition) is 1. The number of para-hydroxylation sites is 1. The predicted molar refractivity (Wildman–Crippen MR) is 124 cm³/mol. The Morgan fingerprint density at radius 1 is 0.968 bits per heavy atom. The molecule has 1 amide bonds. The van der Waals surface area contributed by atoms with Gasteiger partial charge in [-0.1, -0.05) is 54.1 Å². The van der Waals surface area contributed by atoms with Crippen molar-refractivity contribution in [3.63, 3.8) is 0 Å². The Morgan fingerprint density at radius 2 is 1.65 bits per heavy atom. The van der Waals surface area contributed by atoms with Crippen LogP contribution in [0.3, 0.4) is 0 Å². The lowest BCUT2D eigenvalue weighted by Crippen LogP contribution is -2.18. The zero-order chi connectivity index (χ0) is 22.0. The molecule has 3 aromatic carbocycles. The fourth-order valence-electron chi connectivity index (χ4n) is 3.53. The van der Waals surface area contributed by atoms with Crippen molar-refractivity contribution in [3.8, 4) is 0 Å². The van der Waals surface area contributed by atoms with Crippen LogP contribution >= 0.6 is 11.6 Å². The molecule has 1 heterocycles. The number of amides is 1. The number of sulfone groups is 1. The number of hydrogen-bond acceptors (Lipinski definition) is 3. The zero-order valence-electron chi connectivity index (χ0n) is 16.9. The quantitative estimate of drug-likeness (QED) is 0.436. The van der Waals surface area contributed by atoms with E-state index in [1.807, 2.05) is 43.3 Å². The van der Waals surface area contributed by atoms with Gasteiger partial charge in [-0.2, -0.15) is 0 Å². The summed E-state index contributed by atoms with van der Waals surface area (Å²) in [6.45, 7) is 1.89. The molecule has 158 valence electrons. The van der Waals surface area contributed by atoms with Crippen LogP contribution in [0.2, 0.25) is 5.02 Å². The highest BCUT2D eigenvalue weighted by atomic mass is 35.5. The van der Waals surface area contributed by atoms with Crippen LogP contribution in [0.25, 0.3) is 10.9 Å². The maximum absolute atomic E-state index is 13.3. The van der Waals surface area contributed by atoms with Crippen LogP contribution in [-0.4, -0.2) is 18.9 Å². The standard InChI is InChI=1S/C24H21ClN2O3S/c1-17-6-2-3-7-18(17)16-31(29,30)23-14-27(22-9-5-4-8-21(22)23)15-24(28)26-20-12-10-19(25)11-13-20/h2-14H,15-16H2,1H3,(H,26,28). The summed E-state index contributed by atoms with van der Waals surface area (Å²) in [7, 11) is -3.61. The molecule has 1 N–H and O–H groups in total. The topological polar surface area (TPSA) is 68.2 Å². The lowest BCUT2D eigenvalue weighted by Gasteiger charge is -2.07. The number of nitrogens with one attached hydrogen (secondary N) is 1. The smallest absolute Gasteiger partial charge is 0.244 e. The van der Waals surface area contributed by atoms with E-state index >= 15 is 0 Å². The maximum atomic E-state index is 13.3. The summed E-state index contributed by atoms with van der Waals surface area (Å²) >= 11 is 5.88. The molecule has 1 aromatic heterocycles. The third-order valence-electron chi connectivity index (χ3n) is 5.14. The number of anilines is 1. The Labute approximate surface area is 186 Å². The highest BCUT2D eigenvalue weighted by Crippen LogP contribution is 2.28. The molecule has 0 bridgehead atoms. The molecule has 0 atom stereocenters. The lowest BCUT2D eigenvalue weighted by atomic mass is 10.1. The van der Waals surface area contributed by atoms with E-state index in [1.165, 1.54) is 0 Å². The van der Waals surface area contributed by atoms with Gasteiger partial charge < -0.3 is 9.88 Å². The van der Waals surface area contributed by atoms with Gasteiger partial charge in [0.1, 0.15) is 6.54 Å². The SMILES string of the molecule is Cc1ccccc1CS(=O)(=O)c1cn(CC(=O)Nc2ccc(Cl)cc2)c2ccccc12. The first-order valence-electron chi connectivity index (χ1n) is 9.74. The first-order chi connectivity index (χ1) is 14.8. The first-order valence-corrected chi connectivity index (χ1v) is 11.8. The average molecular weight is 453 g/mol. The molecule has 0 unspecified atom stereocenters. The molecule has 5 nitrogen and oxygen atoms in total. The van der Waals surface area contributed by atoms with E-state index in [0.717, 1.165) is 11.1 Å². The van der Waals surface area contributed by atoms with E-state index in [9.17, 15) is 13.2 Å². The fourth-order valence-corrected chi connectivity index (χ4v) is 5.35. The molecule has 0 saturated heterocycles. The molecule has 0 radical (unpaired) electrons. The van der Waals surface area contributed by atoms with Gasteiger partial charge in [0.2, 0.25) is 5.91 Å². The van der Waals surface area contributed by atoms with Gasteiger partial charge in [0, 0.05) is 27.8 Å². The third kappa shape index (κ3) is 4.65. The molecule has 31 heavy (non-hydrogen) atoms. The summed E-state index contributed by atoms with van der Waals surface area (Å²) in [4.78, 5) is 12.8. The number of carbonyl (C=O) groups is 1. The normalized spacial score (nSPS) is 11.5. The monoisotopic (exact) mass is 452 g/mol. The number of aromatic nitrogens is 1. The number of aryl methyl sites for hydroxylation is 1. The molecule has 7 heteroatoms. The summed E-state index contributed by atoms with van der Waals surface area (Å²) in [6, 6.07) is 21.5. The van der Waals surface area contributed by atoms with Crippen molar-refractivity contribution in [3.05, 3.63) is 95.1 Å². The van der Waals surface area contributed by atoms with Gasteiger partial charge >= 0.3 is 0 Å². The van der Waals surface area contributed by atoms with Crippen LogP contribution in [0.4, 0.5) is 5.69 Å². The maximum Gasteiger partial charge on any atom is 0.244 e. The van der Waals surface area contributed by atoms with Gasteiger partial charge in [-0.05, 0) is 48.4 Å². The number of carbonyl (C=O) groups excluding carboxylic acids is 1. The van der Waals surface area contributed by atoms with E-state index < -0.39 is 9.84 Å². The minimum absolute atomic E-state index is 0.0109. The number of halogens is 1. The van der Waals surface area contributed by atoms with Crippen molar-refractivity contribution in [2.24, 2.45) is 0 Å². The van der Waals surface area contributed by atoms with Crippen LogP contribution in [0.5, 0.6) is 0 Å². The molecular formula is C24H21ClN2O3S. The number of benzene rings is 3. The van der Waals surface area contributed by atoms with Crippen LogP contribution in [0, 0.1) is 6.92 Å². The average Bonchev–Trinajstić information content (AvgIpc) is 3.11. The summed E-state index contributed by atoms with van der Waals surface area (Å²) in [5.74, 6) is -0.351. The molecule has 4 aromatic rings. The molecule has 0 fully saturated rings. The van der Waals surface area contributed by atoms with E-state index in [-0.39, 0.29) is 23.1 Å². The Morgan fingerprint density at radius 3 is 2.39 bits per heavy atom. The van der Waals surface area contributed by atoms with E-state index in [0.29, 0.717) is 21.6 Å². The molecule has 0 aliphatic rings. The van der Waals surface area contributed by atoms with Crippen molar-refractivity contribution in [2.45, 2.75) is 24.1 Å². The summed E-state index contributed by atoms with van der Waals surface area (Å²) in [6.07, 6.45) is 1.56. The first kappa shape index (κ1) is 21.2. The van der Waals surface area contributed by atoms with Gasteiger partial charge in [-0.3, -0.25) is 4.79 Å². The highest BCUT2D eigenvalue weighted by molar-refractivity contribution is 7.90. The number of fused-ring (bicyclic) bond motifs is 1. The van der Waals surface area contributed by atoms with Crippen molar-refractivity contribution in [1.82, 2.24) is 4.57 Å². The Kier molecular flexibility index (Phi) is 5.85. The molecule has 0 aliphatic carbocycles. The second kappa shape index (κ2) is 8.57. The van der Waals surface area contributed by atoms with Gasteiger partial charge in [-0.25, -0.2) is 8.42 Å². The molecule has 4 rings (SSSR count). The van der Waals surface area contributed by atoms with Crippen molar-refractivity contribution < 1.29 is 13.2 Å². The minimum Gasteiger partial charge on any atom is -0.337 e. The third-order valence-corrected chi connectivity index (χ3v) is 7.07. The predicted octanol–water partition coefficient (Wildman–Crippen LogP) is 5.22. The van der Waals surface area contributed by atoms with Crippen molar-refractivity contribution in [1.29, 1.82) is 0 Å². The summed E-state index contributed by atoms with van der Waals surface area (Å²) < 4.78 is 28.2. The Bertz CT molecular complexity index is 1360. The fraction of sp³-hybridized carbons (Fsp3) is 0.125.